The summed E-state index contributed by atoms with van der Waals surface area (Å²) < 4.78 is 5.05. The van der Waals surface area contributed by atoms with Gasteiger partial charge in [0.15, 0.2) is 0 Å². The maximum absolute atomic E-state index is 12.2. The molecule has 21 heavy (non-hydrogen) atoms. The topological polar surface area (TPSA) is 44.8 Å². The van der Waals surface area contributed by atoms with Crippen LogP contribution in [-0.2, 0) is 9.53 Å². The molecule has 1 N–H and O–H groups in total. The van der Waals surface area contributed by atoms with Gasteiger partial charge in [0.2, 0.25) is 0 Å². The van der Waals surface area contributed by atoms with Crippen molar-refractivity contribution in [3.8, 4) is 0 Å². The molecule has 1 aliphatic carbocycles. The van der Waals surface area contributed by atoms with Crippen LogP contribution in [0.2, 0.25) is 0 Å². The van der Waals surface area contributed by atoms with Crippen LogP contribution in [0.5, 0.6) is 0 Å². The lowest BCUT2D eigenvalue weighted by Crippen LogP contribution is -2.54. The summed E-state index contributed by atoms with van der Waals surface area (Å²) in [7, 11) is 1.50. The Hall–Kier alpha value is -0.650. The second kappa shape index (κ2) is 7.56. The SMILES string of the molecule is CCCN1CCN(C2CCC(NCC)(C(=O)OC)C2)CC1. The van der Waals surface area contributed by atoms with Gasteiger partial charge in [-0.25, -0.2) is 0 Å². The number of nitrogens with one attached hydrogen (secondary N) is 1. The van der Waals surface area contributed by atoms with Gasteiger partial charge in [-0.1, -0.05) is 13.8 Å². The number of nitrogens with zero attached hydrogens (tertiary/aromatic N) is 2. The zero-order valence-corrected chi connectivity index (χ0v) is 13.9. The van der Waals surface area contributed by atoms with E-state index in [2.05, 4.69) is 29.0 Å². The van der Waals surface area contributed by atoms with Crippen LogP contribution in [0, 0.1) is 0 Å². The van der Waals surface area contributed by atoms with E-state index in [1.807, 2.05) is 0 Å². The van der Waals surface area contributed by atoms with E-state index in [1.165, 1.54) is 20.1 Å². The lowest BCUT2D eigenvalue weighted by atomic mass is 9.97. The number of methoxy groups -OCH3 is 1. The second-order valence-corrected chi connectivity index (χ2v) is 6.38. The van der Waals surface area contributed by atoms with Crippen LogP contribution in [0.3, 0.4) is 0 Å². The van der Waals surface area contributed by atoms with Gasteiger partial charge in [-0.3, -0.25) is 9.69 Å². The molecule has 1 aliphatic heterocycles. The van der Waals surface area contributed by atoms with Crippen LogP contribution >= 0.6 is 0 Å². The number of carbonyl (C=O) groups excluding carboxylic acids is 1. The van der Waals surface area contributed by atoms with E-state index in [-0.39, 0.29) is 5.97 Å². The van der Waals surface area contributed by atoms with Crippen molar-refractivity contribution in [2.75, 3.05) is 46.4 Å². The maximum atomic E-state index is 12.2. The summed E-state index contributed by atoms with van der Waals surface area (Å²) >= 11 is 0. The second-order valence-electron chi connectivity index (χ2n) is 6.38. The maximum Gasteiger partial charge on any atom is 0.326 e. The third-order valence-corrected chi connectivity index (χ3v) is 5.04. The summed E-state index contributed by atoms with van der Waals surface area (Å²) in [6.07, 6.45) is 4.11. The van der Waals surface area contributed by atoms with Crippen LogP contribution in [0.15, 0.2) is 0 Å². The number of hydrogen-bond donors (Lipinski definition) is 1. The smallest absolute Gasteiger partial charge is 0.326 e. The first kappa shape index (κ1) is 16.7. The van der Waals surface area contributed by atoms with Crippen molar-refractivity contribution in [2.24, 2.45) is 0 Å². The van der Waals surface area contributed by atoms with Gasteiger partial charge in [-0.2, -0.15) is 0 Å². The molecule has 2 atom stereocenters. The zero-order chi connectivity index (χ0) is 15.3. The first-order chi connectivity index (χ1) is 10.1. The molecule has 0 aromatic rings. The van der Waals surface area contributed by atoms with Crippen LogP contribution in [0.25, 0.3) is 0 Å². The molecule has 0 radical (unpaired) electrons. The molecular weight excluding hydrogens is 266 g/mol. The van der Waals surface area contributed by atoms with Crippen molar-refractivity contribution in [1.29, 1.82) is 0 Å². The fourth-order valence-electron chi connectivity index (χ4n) is 3.95. The first-order valence-electron chi connectivity index (χ1n) is 8.45. The highest BCUT2D eigenvalue weighted by atomic mass is 16.5. The lowest BCUT2D eigenvalue weighted by molar-refractivity contribution is -0.148. The number of esters is 1. The molecule has 0 aromatic heterocycles. The lowest BCUT2D eigenvalue weighted by Gasteiger charge is -2.38. The largest absolute Gasteiger partial charge is 0.468 e. The van der Waals surface area contributed by atoms with E-state index >= 15 is 0 Å². The minimum absolute atomic E-state index is 0.0866. The van der Waals surface area contributed by atoms with Gasteiger partial charge in [0.25, 0.3) is 0 Å². The normalized spacial score (nSPS) is 31.5. The number of ether oxygens (including phenoxy) is 1. The monoisotopic (exact) mass is 297 g/mol. The molecule has 0 spiro atoms. The van der Waals surface area contributed by atoms with Crippen LogP contribution in [-0.4, -0.2) is 73.7 Å². The van der Waals surface area contributed by atoms with E-state index in [4.69, 9.17) is 4.74 Å². The fraction of sp³-hybridized carbons (Fsp3) is 0.938. The molecule has 2 rings (SSSR count). The molecule has 2 unspecified atom stereocenters. The Bertz CT molecular complexity index is 342. The van der Waals surface area contributed by atoms with Crippen molar-refractivity contribution in [3.05, 3.63) is 0 Å². The number of likely N-dealkylation sites (N-methyl/N-ethyl adjacent to an activating group) is 1. The molecule has 2 fully saturated rings. The predicted molar refractivity (Wildman–Crippen MR) is 84.4 cm³/mol. The first-order valence-corrected chi connectivity index (χ1v) is 8.45. The molecule has 1 heterocycles. The number of rotatable bonds is 6. The summed E-state index contributed by atoms with van der Waals surface area (Å²) in [5, 5.41) is 3.40. The van der Waals surface area contributed by atoms with Gasteiger partial charge in [0.1, 0.15) is 5.54 Å². The highest BCUT2D eigenvalue weighted by Gasteiger charge is 2.47. The molecule has 0 aromatic carbocycles. The Kier molecular flexibility index (Phi) is 6.02. The summed E-state index contributed by atoms with van der Waals surface area (Å²) in [5.74, 6) is -0.0866. The van der Waals surface area contributed by atoms with Crippen molar-refractivity contribution in [3.63, 3.8) is 0 Å². The van der Waals surface area contributed by atoms with E-state index in [0.29, 0.717) is 6.04 Å². The summed E-state index contributed by atoms with van der Waals surface area (Å²) in [6.45, 7) is 10.9. The van der Waals surface area contributed by atoms with Crippen molar-refractivity contribution in [1.82, 2.24) is 15.1 Å². The van der Waals surface area contributed by atoms with Gasteiger partial charge < -0.3 is 15.0 Å². The highest BCUT2D eigenvalue weighted by Crippen LogP contribution is 2.34. The average molecular weight is 297 g/mol. The molecular formula is C16H31N3O2. The third kappa shape index (κ3) is 3.76. The van der Waals surface area contributed by atoms with Gasteiger partial charge in [0, 0.05) is 32.2 Å². The molecule has 5 heteroatoms. The number of piperazine rings is 1. The Labute approximate surface area is 129 Å². The van der Waals surface area contributed by atoms with Crippen LogP contribution in [0.4, 0.5) is 0 Å². The predicted octanol–water partition coefficient (Wildman–Crippen LogP) is 1.09. The third-order valence-electron chi connectivity index (χ3n) is 5.04. The van der Waals surface area contributed by atoms with Crippen LogP contribution < -0.4 is 5.32 Å². The Morgan fingerprint density at radius 3 is 2.57 bits per heavy atom. The summed E-state index contributed by atoms with van der Waals surface area (Å²) in [5.41, 5.74) is -0.450. The Morgan fingerprint density at radius 2 is 2.00 bits per heavy atom. The molecule has 5 nitrogen and oxygen atoms in total. The Morgan fingerprint density at radius 1 is 1.29 bits per heavy atom. The fourth-order valence-corrected chi connectivity index (χ4v) is 3.95. The van der Waals surface area contributed by atoms with E-state index in [9.17, 15) is 4.79 Å². The van der Waals surface area contributed by atoms with E-state index < -0.39 is 5.54 Å². The highest BCUT2D eigenvalue weighted by molar-refractivity contribution is 5.81. The molecule has 0 amide bonds. The van der Waals surface area contributed by atoms with Gasteiger partial charge in [-0.15, -0.1) is 0 Å². The van der Waals surface area contributed by atoms with E-state index in [1.54, 1.807) is 0 Å². The minimum atomic E-state index is -0.450. The van der Waals surface area contributed by atoms with Crippen molar-refractivity contribution in [2.45, 2.75) is 51.1 Å². The standard InChI is InChI=1S/C16H31N3O2/c1-4-8-18-9-11-19(12-10-18)14-6-7-16(13-14,17-5-2)15(20)21-3/h14,17H,4-13H2,1-3H3. The average Bonchev–Trinajstić information content (AvgIpc) is 2.93. The molecule has 1 saturated carbocycles. The Balaban J connectivity index is 1.91. The molecule has 1 saturated heterocycles. The molecule has 122 valence electrons. The van der Waals surface area contributed by atoms with Crippen LogP contribution in [0.1, 0.15) is 39.5 Å². The van der Waals surface area contributed by atoms with Crippen molar-refractivity contribution < 1.29 is 9.53 Å². The molecule has 0 bridgehead atoms. The van der Waals surface area contributed by atoms with Gasteiger partial charge in [0.05, 0.1) is 7.11 Å². The summed E-state index contributed by atoms with van der Waals surface area (Å²) in [4.78, 5) is 17.3. The van der Waals surface area contributed by atoms with Gasteiger partial charge >= 0.3 is 5.97 Å². The number of hydrogen-bond acceptors (Lipinski definition) is 5. The van der Waals surface area contributed by atoms with Crippen molar-refractivity contribution >= 4 is 5.97 Å². The minimum Gasteiger partial charge on any atom is -0.468 e. The van der Waals surface area contributed by atoms with E-state index in [0.717, 1.165) is 52.0 Å². The molecule has 2 aliphatic rings. The zero-order valence-electron chi connectivity index (χ0n) is 13.9. The number of carbonyl (C=O) groups is 1. The quantitative estimate of drug-likeness (QED) is 0.744. The van der Waals surface area contributed by atoms with Gasteiger partial charge in [-0.05, 0) is 38.8 Å². The summed E-state index contributed by atoms with van der Waals surface area (Å²) in [6, 6.07) is 0.520.